The second-order valence-corrected chi connectivity index (χ2v) is 4.26. The summed E-state index contributed by atoms with van der Waals surface area (Å²) < 4.78 is 11.0. The highest BCUT2D eigenvalue weighted by atomic mass is 16.5. The molecule has 0 unspecified atom stereocenters. The van der Waals surface area contributed by atoms with Crippen LogP contribution in [-0.2, 0) is 6.42 Å². The smallest absolute Gasteiger partial charge is 0.330 e. The van der Waals surface area contributed by atoms with Crippen molar-refractivity contribution in [1.82, 2.24) is 19.9 Å². The third-order valence-corrected chi connectivity index (χ3v) is 2.70. The maximum atomic E-state index is 5.74. The van der Waals surface area contributed by atoms with Gasteiger partial charge in [0.2, 0.25) is 5.95 Å². The molecule has 0 aliphatic carbocycles. The lowest BCUT2D eigenvalue weighted by molar-refractivity contribution is 0.303. The minimum Gasteiger partial charge on any atom is -0.464 e. The molecule has 0 atom stereocenters. The molecule has 0 aliphatic heterocycles. The zero-order valence-corrected chi connectivity index (χ0v) is 12.7. The first-order chi connectivity index (χ1) is 10.2. The lowest BCUT2D eigenvalue weighted by Gasteiger charge is -2.10. The van der Waals surface area contributed by atoms with Gasteiger partial charge >= 0.3 is 12.0 Å². The Hall–Kier alpha value is -2.44. The summed E-state index contributed by atoms with van der Waals surface area (Å²) in [7, 11) is 1.72. The maximum Gasteiger partial charge on any atom is 0.330 e. The molecule has 2 aromatic rings. The summed E-state index contributed by atoms with van der Waals surface area (Å²) in [5.74, 6) is 1.03. The number of nitrogens with zero attached hydrogens (tertiary/aromatic N) is 4. The summed E-state index contributed by atoms with van der Waals surface area (Å²) in [6.07, 6.45) is 0.763. The minimum atomic E-state index is 0.179. The standard InChI is InChI=1S/C14H19N5O2/c1-5-10-11(8-7-9(3)16-10)21-14-18-12(15-4)17-13(19-14)20-6-2/h7-8H,5-6H2,1-4H3,(H,15,17,18,19). The molecule has 112 valence electrons. The van der Waals surface area contributed by atoms with E-state index in [9.17, 15) is 0 Å². The highest BCUT2D eigenvalue weighted by Gasteiger charge is 2.11. The predicted molar refractivity (Wildman–Crippen MR) is 79.0 cm³/mol. The van der Waals surface area contributed by atoms with Crippen LogP contribution in [0, 0.1) is 6.92 Å². The van der Waals surface area contributed by atoms with Crippen LogP contribution in [0.25, 0.3) is 0 Å². The van der Waals surface area contributed by atoms with E-state index in [2.05, 4.69) is 25.3 Å². The van der Waals surface area contributed by atoms with E-state index < -0.39 is 0 Å². The number of aromatic nitrogens is 4. The zero-order chi connectivity index (χ0) is 15.2. The van der Waals surface area contributed by atoms with Gasteiger partial charge in [0.05, 0.1) is 12.3 Å². The van der Waals surface area contributed by atoms with E-state index in [4.69, 9.17) is 9.47 Å². The Bertz CT molecular complexity index is 618. The number of rotatable bonds is 6. The molecule has 2 aromatic heterocycles. The Kier molecular flexibility index (Phi) is 4.86. The first-order valence-corrected chi connectivity index (χ1v) is 6.87. The molecular formula is C14H19N5O2. The van der Waals surface area contributed by atoms with Gasteiger partial charge in [-0.3, -0.25) is 4.98 Å². The van der Waals surface area contributed by atoms with Crippen molar-refractivity contribution in [3.8, 4) is 17.8 Å². The van der Waals surface area contributed by atoms with Gasteiger partial charge in [-0.25, -0.2) is 0 Å². The topological polar surface area (TPSA) is 82.0 Å². The number of pyridine rings is 1. The molecule has 0 bridgehead atoms. The summed E-state index contributed by atoms with van der Waals surface area (Å²) >= 11 is 0. The van der Waals surface area contributed by atoms with Crippen molar-refractivity contribution < 1.29 is 9.47 Å². The van der Waals surface area contributed by atoms with E-state index in [1.807, 2.05) is 32.9 Å². The Morgan fingerprint density at radius 1 is 1.05 bits per heavy atom. The van der Waals surface area contributed by atoms with Crippen molar-refractivity contribution >= 4 is 5.95 Å². The molecular weight excluding hydrogens is 270 g/mol. The summed E-state index contributed by atoms with van der Waals surface area (Å²) in [5, 5.41) is 2.85. The first kappa shape index (κ1) is 15.0. The third-order valence-electron chi connectivity index (χ3n) is 2.70. The van der Waals surface area contributed by atoms with E-state index >= 15 is 0 Å². The quantitative estimate of drug-likeness (QED) is 0.874. The molecule has 0 amide bonds. The molecule has 0 radical (unpaired) electrons. The predicted octanol–water partition coefficient (Wildman–Crippen LogP) is 2.37. The number of aryl methyl sites for hydroxylation is 2. The average molecular weight is 289 g/mol. The normalized spacial score (nSPS) is 10.3. The van der Waals surface area contributed by atoms with Gasteiger partial charge < -0.3 is 14.8 Å². The van der Waals surface area contributed by atoms with Gasteiger partial charge in [-0.1, -0.05) is 6.92 Å². The number of hydrogen-bond acceptors (Lipinski definition) is 7. The molecule has 0 saturated carbocycles. The fraction of sp³-hybridized carbons (Fsp3) is 0.429. The van der Waals surface area contributed by atoms with Crippen LogP contribution in [-0.4, -0.2) is 33.6 Å². The summed E-state index contributed by atoms with van der Waals surface area (Å²) in [6.45, 7) is 6.30. The van der Waals surface area contributed by atoms with Crippen molar-refractivity contribution in [1.29, 1.82) is 0 Å². The van der Waals surface area contributed by atoms with Gasteiger partial charge in [-0.2, -0.15) is 9.97 Å². The lowest BCUT2D eigenvalue weighted by Crippen LogP contribution is -2.06. The monoisotopic (exact) mass is 289 g/mol. The average Bonchev–Trinajstić information content (AvgIpc) is 2.49. The molecule has 2 heterocycles. The largest absolute Gasteiger partial charge is 0.464 e. The van der Waals surface area contributed by atoms with Gasteiger partial charge in [-0.15, -0.1) is 4.98 Å². The second-order valence-electron chi connectivity index (χ2n) is 4.26. The fourth-order valence-electron chi connectivity index (χ4n) is 1.73. The van der Waals surface area contributed by atoms with Crippen LogP contribution in [0.2, 0.25) is 0 Å². The number of hydrogen-bond donors (Lipinski definition) is 1. The van der Waals surface area contributed by atoms with Crippen LogP contribution in [0.3, 0.4) is 0 Å². The van der Waals surface area contributed by atoms with Crippen molar-refractivity contribution in [3.63, 3.8) is 0 Å². The minimum absolute atomic E-state index is 0.179. The number of nitrogens with one attached hydrogen (secondary N) is 1. The molecule has 1 N–H and O–H groups in total. The number of ether oxygens (including phenoxy) is 2. The molecule has 0 fully saturated rings. The van der Waals surface area contributed by atoms with Crippen LogP contribution < -0.4 is 14.8 Å². The van der Waals surface area contributed by atoms with Gasteiger partial charge in [0.15, 0.2) is 5.75 Å². The maximum absolute atomic E-state index is 5.74. The SMILES string of the molecule is CCOc1nc(NC)nc(Oc2ccc(C)nc2CC)n1. The molecule has 7 nitrogen and oxygen atoms in total. The Morgan fingerprint density at radius 2 is 1.81 bits per heavy atom. The van der Waals surface area contributed by atoms with Crippen LogP contribution in [0.15, 0.2) is 12.1 Å². The molecule has 21 heavy (non-hydrogen) atoms. The van der Waals surface area contributed by atoms with Crippen LogP contribution in [0.1, 0.15) is 25.2 Å². The van der Waals surface area contributed by atoms with Crippen molar-refractivity contribution in [2.75, 3.05) is 19.0 Å². The number of anilines is 1. The van der Waals surface area contributed by atoms with E-state index in [0.717, 1.165) is 17.8 Å². The molecule has 2 rings (SSSR count). The second kappa shape index (κ2) is 6.83. The van der Waals surface area contributed by atoms with Crippen molar-refractivity contribution in [3.05, 3.63) is 23.5 Å². The molecule has 0 spiro atoms. The van der Waals surface area contributed by atoms with E-state index in [1.54, 1.807) is 7.05 Å². The van der Waals surface area contributed by atoms with Gasteiger partial charge in [0, 0.05) is 12.7 Å². The highest BCUT2D eigenvalue weighted by Crippen LogP contribution is 2.24. The van der Waals surface area contributed by atoms with Gasteiger partial charge in [0.25, 0.3) is 0 Å². The zero-order valence-electron chi connectivity index (χ0n) is 12.7. The molecule has 7 heteroatoms. The van der Waals surface area contributed by atoms with E-state index in [-0.39, 0.29) is 12.0 Å². The molecule has 0 aromatic carbocycles. The first-order valence-electron chi connectivity index (χ1n) is 6.87. The Morgan fingerprint density at radius 3 is 2.48 bits per heavy atom. The third kappa shape index (κ3) is 3.77. The van der Waals surface area contributed by atoms with Crippen molar-refractivity contribution in [2.45, 2.75) is 27.2 Å². The van der Waals surface area contributed by atoms with Gasteiger partial charge in [0.1, 0.15) is 0 Å². The van der Waals surface area contributed by atoms with Crippen LogP contribution in [0.5, 0.6) is 17.8 Å². The van der Waals surface area contributed by atoms with Crippen LogP contribution >= 0.6 is 0 Å². The fourth-order valence-corrected chi connectivity index (χ4v) is 1.73. The van der Waals surface area contributed by atoms with E-state index in [1.165, 1.54) is 0 Å². The lowest BCUT2D eigenvalue weighted by atomic mass is 10.2. The Labute approximate surface area is 123 Å². The highest BCUT2D eigenvalue weighted by molar-refractivity contribution is 5.33. The summed E-state index contributed by atoms with van der Waals surface area (Å²) in [4.78, 5) is 16.8. The Balaban J connectivity index is 2.32. The molecule has 0 saturated heterocycles. The molecule has 0 aliphatic rings. The van der Waals surface area contributed by atoms with E-state index in [0.29, 0.717) is 18.3 Å². The van der Waals surface area contributed by atoms with Crippen LogP contribution in [0.4, 0.5) is 5.95 Å². The van der Waals surface area contributed by atoms with Crippen molar-refractivity contribution in [2.24, 2.45) is 0 Å². The summed E-state index contributed by atoms with van der Waals surface area (Å²) in [5.41, 5.74) is 1.81. The van der Waals surface area contributed by atoms with Gasteiger partial charge in [-0.05, 0) is 32.4 Å². The summed E-state index contributed by atoms with van der Waals surface area (Å²) in [6, 6.07) is 4.16.